The quantitative estimate of drug-likeness (QED) is 0.297. The van der Waals surface area contributed by atoms with Crippen molar-refractivity contribution in [3.8, 4) is 11.1 Å². The minimum absolute atomic E-state index is 0.0730. The summed E-state index contributed by atoms with van der Waals surface area (Å²) in [6, 6.07) is 17.5. The van der Waals surface area contributed by atoms with Crippen LogP contribution in [0.2, 0.25) is 0 Å². The number of rotatable bonds is 10. The lowest BCUT2D eigenvalue weighted by atomic mass is 9.75. The van der Waals surface area contributed by atoms with Crippen LogP contribution in [0.15, 0.2) is 84.1 Å². The molecule has 0 bridgehead atoms. The van der Waals surface area contributed by atoms with Crippen LogP contribution in [-0.2, 0) is 6.54 Å². The minimum atomic E-state index is -0.694. The van der Waals surface area contributed by atoms with Gasteiger partial charge in [0.15, 0.2) is 6.39 Å². The molecule has 0 aliphatic heterocycles. The lowest BCUT2D eigenvalue weighted by Crippen LogP contribution is -2.39. The highest BCUT2D eigenvalue weighted by molar-refractivity contribution is 5.66. The van der Waals surface area contributed by atoms with Crippen LogP contribution in [-0.4, -0.2) is 37.4 Å². The maximum absolute atomic E-state index is 9.90. The highest BCUT2D eigenvalue weighted by atomic mass is 16.3. The molecule has 0 radical (unpaired) electrons. The fourth-order valence-corrected chi connectivity index (χ4v) is 4.76. The summed E-state index contributed by atoms with van der Waals surface area (Å²) in [6.45, 7) is 2.35. The molecule has 36 heavy (non-hydrogen) atoms. The summed E-state index contributed by atoms with van der Waals surface area (Å²) < 4.78 is 6.82. The fourth-order valence-electron chi connectivity index (χ4n) is 4.76. The summed E-state index contributed by atoms with van der Waals surface area (Å²) in [4.78, 5) is 8.35. The Hall–Kier alpha value is -3.52. The Morgan fingerprint density at radius 3 is 2.44 bits per heavy atom. The molecular formula is C29H32N4O3. The van der Waals surface area contributed by atoms with Gasteiger partial charge in [-0.1, -0.05) is 60.7 Å². The lowest BCUT2D eigenvalue weighted by molar-refractivity contribution is 0.175. The molecule has 1 aliphatic rings. The molecule has 1 aliphatic carbocycles. The number of nitrogens with one attached hydrogen (secondary N) is 1. The number of aliphatic hydroxyl groups is 2. The molecule has 7 nitrogen and oxygen atoms in total. The maximum atomic E-state index is 9.90. The van der Waals surface area contributed by atoms with Crippen LogP contribution in [0.1, 0.15) is 60.5 Å². The average Bonchev–Trinajstić information content (AvgIpc) is 3.57. The number of benzene rings is 2. The zero-order valence-corrected chi connectivity index (χ0v) is 20.4. The molecule has 2 aromatic heterocycles. The van der Waals surface area contributed by atoms with E-state index in [2.05, 4.69) is 63.8 Å². The van der Waals surface area contributed by atoms with E-state index in [9.17, 15) is 10.2 Å². The summed E-state index contributed by atoms with van der Waals surface area (Å²) in [5.41, 5.74) is 5.75. The molecule has 0 spiro atoms. The first-order valence-corrected chi connectivity index (χ1v) is 12.4. The number of aromatic nitrogens is 3. The van der Waals surface area contributed by atoms with Crippen molar-refractivity contribution in [2.75, 3.05) is 6.61 Å². The zero-order chi connectivity index (χ0) is 24.9. The maximum Gasteiger partial charge on any atom is 0.180 e. The van der Waals surface area contributed by atoms with Gasteiger partial charge in [0, 0.05) is 25.0 Å². The van der Waals surface area contributed by atoms with Gasteiger partial charge in [0.2, 0.25) is 0 Å². The predicted molar refractivity (Wildman–Crippen MR) is 139 cm³/mol. The summed E-state index contributed by atoms with van der Waals surface area (Å²) >= 11 is 0. The summed E-state index contributed by atoms with van der Waals surface area (Å²) in [5.74, 6) is 1.14. The van der Waals surface area contributed by atoms with Crippen molar-refractivity contribution in [3.63, 3.8) is 0 Å². The summed E-state index contributed by atoms with van der Waals surface area (Å²) in [6.07, 6.45) is 12.1. The Morgan fingerprint density at radius 2 is 1.81 bits per heavy atom. The van der Waals surface area contributed by atoms with Crippen LogP contribution in [0.5, 0.6) is 0 Å². The molecule has 1 unspecified atom stereocenters. The normalized spacial score (nSPS) is 19.3. The van der Waals surface area contributed by atoms with Crippen molar-refractivity contribution in [2.45, 2.75) is 50.4 Å². The minimum Gasteiger partial charge on any atom is -0.451 e. The van der Waals surface area contributed by atoms with Gasteiger partial charge in [0.25, 0.3) is 0 Å². The second-order valence-corrected chi connectivity index (χ2v) is 9.45. The van der Waals surface area contributed by atoms with Crippen LogP contribution in [0, 0.1) is 0 Å². The van der Waals surface area contributed by atoms with Gasteiger partial charge in [-0.2, -0.15) is 0 Å². The van der Waals surface area contributed by atoms with E-state index in [4.69, 9.17) is 4.42 Å². The molecule has 1 fully saturated rings. The van der Waals surface area contributed by atoms with E-state index >= 15 is 0 Å². The summed E-state index contributed by atoms with van der Waals surface area (Å²) in [5, 5.41) is 23.3. The third-order valence-corrected chi connectivity index (χ3v) is 6.95. The van der Waals surface area contributed by atoms with Gasteiger partial charge in [-0.15, -0.1) is 0 Å². The molecule has 3 N–H and O–H groups in total. The molecular weight excluding hydrogens is 452 g/mol. The molecule has 2 heterocycles. The number of aliphatic hydroxyl groups excluding tert-OH is 2. The monoisotopic (exact) mass is 484 g/mol. The standard InChI is InChI=1S/C29H32N4O3/c1-20(35)29-30-12-13-33(29)28(17-34)11-4-21-2-5-22(6-3-21)23-7-9-24(10-8-23)25-14-26(15-25)31-16-27-18-36-19-32-27/h2-13,18-20,25-26,28,31,34-35H,14-17H2,1H3/b11-4+/t20-,25?,26?,28?/m0/s1. The first-order chi connectivity index (χ1) is 17.6. The Balaban J connectivity index is 1.16. The topological polar surface area (TPSA) is 96.3 Å². The van der Waals surface area contributed by atoms with E-state index < -0.39 is 6.10 Å². The first kappa shape index (κ1) is 24.2. The highest BCUT2D eigenvalue weighted by Gasteiger charge is 2.29. The molecule has 4 aromatic rings. The third kappa shape index (κ3) is 5.49. The Kier molecular flexibility index (Phi) is 7.41. The van der Waals surface area contributed by atoms with E-state index in [0.29, 0.717) is 17.8 Å². The fraction of sp³-hybridized carbons (Fsp3) is 0.310. The second-order valence-electron chi connectivity index (χ2n) is 9.45. The Morgan fingerprint density at radius 1 is 1.08 bits per heavy atom. The highest BCUT2D eigenvalue weighted by Crippen LogP contribution is 2.37. The van der Waals surface area contributed by atoms with Crippen LogP contribution in [0.25, 0.3) is 17.2 Å². The SMILES string of the molecule is C[C@H](O)c1nccn1C(/C=C/c1ccc(-c2ccc(C3CC(NCc4cocn4)C3)cc2)cc1)CO. The molecule has 7 heteroatoms. The van der Waals surface area contributed by atoms with Gasteiger partial charge < -0.3 is 24.5 Å². The van der Waals surface area contributed by atoms with Crippen LogP contribution < -0.4 is 5.32 Å². The largest absolute Gasteiger partial charge is 0.451 e. The number of hydrogen-bond donors (Lipinski definition) is 3. The molecule has 0 amide bonds. The smallest absolute Gasteiger partial charge is 0.180 e. The number of hydrogen-bond acceptors (Lipinski definition) is 6. The van der Waals surface area contributed by atoms with E-state index in [1.807, 2.05) is 12.2 Å². The number of imidazole rings is 1. The van der Waals surface area contributed by atoms with Gasteiger partial charge in [-0.05, 0) is 47.9 Å². The predicted octanol–water partition coefficient (Wildman–Crippen LogP) is 4.87. The van der Waals surface area contributed by atoms with E-state index in [1.165, 1.54) is 23.1 Å². The molecule has 186 valence electrons. The summed E-state index contributed by atoms with van der Waals surface area (Å²) in [7, 11) is 0. The molecule has 1 saturated carbocycles. The van der Waals surface area contributed by atoms with E-state index in [1.54, 1.807) is 30.1 Å². The van der Waals surface area contributed by atoms with Crippen molar-refractivity contribution in [1.29, 1.82) is 0 Å². The van der Waals surface area contributed by atoms with Crippen molar-refractivity contribution in [3.05, 3.63) is 102 Å². The molecule has 5 rings (SSSR count). The lowest BCUT2D eigenvalue weighted by Gasteiger charge is -2.36. The molecule has 2 atom stereocenters. The van der Waals surface area contributed by atoms with Gasteiger partial charge in [-0.25, -0.2) is 9.97 Å². The first-order valence-electron chi connectivity index (χ1n) is 12.4. The Bertz CT molecular complexity index is 1250. The van der Waals surface area contributed by atoms with E-state index in [0.717, 1.165) is 30.6 Å². The molecule has 2 aromatic carbocycles. The van der Waals surface area contributed by atoms with Crippen molar-refractivity contribution in [1.82, 2.24) is 19.9 Å². The second kappa shape index (κ2) is 11.0. The van der Waals surface area contributed by atoms with Crippen molar-refractivity contribution in [2.24, 2.45) is 0 Å². The average molecular weight is 485 g/mol. The number of oxazole rings is 1. The van der Waals surface area contributed by atoms with E-state index in [-0.39, 0.29) is 12.6 Å². The van der Waals surface area contributed by atoms with Crippen LogP contribution in [0.4, 0.5) is 0 Å². The number of nitrogens with zero attached hydrogens (tertiary/aromatic N) is 3. The zero-order valence-electron chi connectivity index (χ0n) is 20.4. The van der Waals surface area contributed by atoms with Crippen molar-refractivity contribution < 1.29 is 14.6 Å². The molecule has 0 saturated heterocycles. The third-order valence-electron chi connectivity index (χ3n) is 6.95. The van der Waals surface area contributed by atoms with Crippen molar-refractivity contribution >= 4 is 6.08 Å². The van der Waals surface area contributed by atoms with Gasteiger partial charge in [0.05, 0.1) is 18.3 Å². The van der Waals surface area contributed by atoms with Crippen LogP contribution >= 0.6 is 0 Å². The van der Waals surface area contributed by atoms with Gasteiger partial charge >= 0.3 is 0 Å². The Labute approximate surface area is 211 Å². The van der Waals surface area contributed by atoms with Gasteiger partial charge in [0.1, 0.15) is 18.2 Å². The van der Waals surface area contributed by atoms with Crippen LogP contribution in [0.3, 0.4) is 0 Å². The van der Waals surface area contributed by atoms with Gasteiger partial charge in [-0.3, -0.25) is 0 Å².